The van der Waals surface area contributed by atoms with Crippen LogP contribution in [-0.4, -0.2) is 52.6 Å². The van der Waals surface area contributed by atoms with Gasteiger partial charge in [-0.2, -0.15) is 0 Å². The maximum atomic E-state index is 11.4. The van der Waals surface area contributed by atoms with Gasteiger partial charge in [-0.05, 0) is 18.2 Å². The molecule has 4 aromatic carbocycles. The summed E-state index contributed by atoms with van der Waals surface area (Å²) in [5.41, 5.74) is 5.01. The van der Waals surface area contributed by atoms with Crippen LogP contribution < -0.4 is 9.30 Å². The molecule has 3 aromatic heterocycles. The number of fused-ring (bicyclic) bond motifs is 20. The fourth-order valence-electron chi connectivity index (χ4n) is 6.36. The molecule has 2 aliphatic heterocycles. The molecule has 11 nitrogen and oxygen atoms in total. The van der Waals surface area contributed by atoms with Crippen LogP contribution >= 0.6 is 34.8 Å². The maximum Gasteiger partial charge on any atom is 0.341 e. The molecule has 5 heterocycles. The summed E-state index contributed by atoms with van der Waals surface area (Å²) in [5, 5.41) is 11.8. The van der Waals surface area contributed by atoms with E-state index in [1.807, 2.05) is 84.4 Å². The zero-order chi connectivity index (χ0) is 33.6. The SMILES string of the molecule is C[n+]1c2nc3[nH]c(nc4nc(nc5[nH]c(nc1-c1ccccc1-2)c1c(Cl)c(OCC(=O)O)c(Cl)c(Cl)c51)-c1ccccc1-4)c1ccccc31. The molecule has 0 saturated carbocycles. The molecule has 9 rings (SSSR count). The molecule has 7 aromatic rings. The molecule has 0 saturated heterocycles. The van der Waals surface area contributed by atoms with E-state index in [0.717, 1.165) is 33.0 Å². The van der Waals surface area contributed by atoms with Gasteiger partial charge in [0.05, 0.1) is 39.0 Å². The lowest BCUT2D eigenvalue weighted by atomic mass is 10.1. The van der Waals surface area contributed by atoms with Gasteiger partial charge in [-0.3, -0.25) is 0 Å². The van der Waals surface area contributed by atoms with Gasteiger partial charge in [0.15, 0.2) is 24.0 Å². The predicted molar refractivity (Wildman–Crippen MR) is 188 cm³/mol. The molecule has 3 N–H and O–H groups in total. The lowest BCUT2D eigenvalue weighted by molar-refractivity contribution is -0.650. The lowest BCUT2D eigenvalue weighted by Gasteiger charge is -2.10. The number of ether oxygens (including phenoxy) is 1. The van der Waals surface area contributed by atoms with Crippen LogP contribution in [-0.2, 0) is 11.8 Å². The zero-order valence-electron chi connectivity index (χ0n) is 25.2. The summed E-state index contributed by atoms with van der Waals surface area (Å²) in [6, 6.07) is 23.4. The fraction of sp³-hybridized carbons (Fsp3) is 0.0571. The Morgan fingerprint density at radius 3 is 1.73 bits per heavy atom. The molecule has 0 unspecified atom stereocenters. The number of H-pyrrole nitrogens is 2. The highest BCUT2D eigenvalue weighted by Crippen LogP contribution is 2.48. The van der Waals surface area contributed by atoms with Gasteiger partial charge in [-0.15, -0.1) is 0 Å². The van der Waals surface area contributed by atoms with Gasteiger partial charge >= 0.3 is 5.97 Å². The Morgan fingerprint density at radius 2 is 1.12 bits per heavy atom. The van der Waals surface area contributed by atoms with Crippen LogP contribution in [0.2, 0.25) is 15.1 Å². The predicted octanol–water partition coefficient (Wildman–Crippen LogP) is 7.72. The highest BCUT2D eigenvalue weighted by Gasteiger charge is 2.31. The van der Waals surface area contributed by atoms with E-state index in [9.17, 15) is 9.90 Å². The number of aromatic nitrogens is 8. The van der Waals surface area contributed by atoms with E-state index in [0.29, 0.717) is 45.4 Å². The second-order valence-corrected chi connectivity index (χ2v) is 12.5. The van der Waals surface area contributed by atoms with E-state index in [2.05, 4.69) is 9.97 Å². The average molecular weight is 707 g/mol. The molecule has 0 atom stereocenters. The number of nitrogens with one attached hydrogen (secondary N) is 2. The Balaban J connectivity index is 1.51. The first-order valence-corrected chi connectivity index (χ1v) is 16.1. The summed E-state index contributed by atoms with van der Waals surface area (Å²) >= 11 is 20.6. The third kappa shape index (κ3) is 4.47. The Hall–Kier alpha value is -5.62. The molecule has 238 valence electrons. The monoisotopic (exact) mass is 705 g/mol. The summed E-state index contributed by atoms with van der Waals surface area (Å²) in [5.74, 6) is 0.746. The normalized spacial score (nSPS) is 11.9. The van der Waals surface area contributed by atoms with Gasteiger partial charge in [0.2, 0.25) is 11.3 Å². The third-order valence-corrected chi connectivity index (χ3v) is 9.74. The van der Waals surface area contributed by atoms with E-state index in [4.69, 9.17) is 64.5 Å². The highest BCUT2D eigenvalue weighted by molar-refractivity contribution is 6.51. The molecular formula is C35H20Cl3N8O3+. The summed E-state index contributed by atoms with van der Waals surface area (Å²) in [7, 11) is 1.88. The number of carbonyl (C=O) groups is 1. The van der Waals surface area contributed by atoms with Crippen molar-refractivity contribution in [2.24, 2.45) is 7.05 Å². The molecule has 8 bridgehead atoms. The summed E-state index contributed by atoms with van der Waals surface area (Å²) in [6.07, 6.45) is 0. The van der Waals surface area contributed by atoms with Crippen molar-refractivity contribution >= 4 is 84.9 Å². The Kier molecular flexibility index (Phi) is 6.60. The van der Waals surface area contributed by atoms with Crippen molar-refractivity contribution < 1.29 is 19.2 Å². The first-order valence-electron chi connectivity index (χ1n) is 15.0. The molecule has 0 spiro atoms. The van der Waals surface area contributed by atoms with Crippen molar-refractivity contribution in [1.29, 1.82) is 0 Å². The number of halogens is 3. The van der Waals surface area contributed by atoms with Crippen molar-refractivity contribution in [3.8, 4) is 51.3 Å². The van der Waals surface area contributed by atoms with Gasteiger partial charge in [-0.1, -0.05) is 99.4 Å². The molecule has 2 aliphatic rings. The van der Waals surface area contributed by atoms with E-state index in [1.165, 1.54) is 0 Å². The van der Waals surface area contributed by atoms with E-state index in [1.54, 1.807) is 0 Å². The number of aromatic amines is 2. The van der Waals surface area contributed by atoms with Crippen LogP contribution in [0.5, 0.6) is 5.75 Å². The molecule has 0 fully saturated rings. The Labute approximate surface area is 290 Å². The second-order valence-electron chi connectivity index (χ2n) is 11.4. The van der Waals surface area contributed by atoms with Crippen LogP contribution in [0.15, 0.2) is 72.8 Å². The van der Waals surface area contributed by atoms with E-state index in [-0.39, 0.29) is 32.1 Å². The number of carboxylic acids is 1. The number of carboxylic acid groups (broad SMARTS) is 1. The highest BCUT2D eigenvalue weighted by atomic mass is 35.5. The number of hydrogen-bond donors (Lipinski definition) is 3. The summed E-state index contributed by atoms with van der Waals surface area (Å²) in [4.78, 5) is 43.2. The largest absolute Gasteiger partial charge is 0.479 e. The first-order chi connectivity index (χ1) is 23.8. The molecule has 0 amide bonds. The van der Waals surface area contributed by atoms with Gasteiger partial charge in [-0.25, -0.2) is 24.3 Å². The minimum absolute atomic E-state index is 0.0181. The van der Waals surface area contributed by atoms with Crippen LogP contribution in [0.4, 0.5) is 0 Å². The van der Waals surface area contributed by atoms with Crippen LogP contribution in [0.3, 0.4) is 0 Å². The van der Waals surface area contributed by atoms with E-state index >= 15 is 0 Å². The summed E-state index contributed by atoms with van der Waals surface area (Å²) in [6.45, 7) is -0.687. The molecule has 0 aliphatic carbocycles. The van der Waals surface area contributed by atoms with Gasteiger partial charge in [0, 0.05) is 21.9 Å². The van der Waals surface area contributed by atoms with Crippen molar-refractivity contribution in [1.82, 2.24) is 34.9 Å². The quantitative estimate of drug-likeness (QED) is 0.125. The zero-order valence-corrected chi connectivity index (χ0v) is 27.5. The van der Waals surface area contributed by atoms with Crippen molar-refractivity contribution in [3.63, 3.8) is 0 Å². The van der Waals surface area contributed by atoms with E-state index < -0.39 is 12.6 Å². The molecule has 14 heteroatoms. The Bertz CT molecular complexity index is 2780. The van der Waals surface area contributed by atoms with Crippen molar-refractivity contribution in [2.75, 3.05) is 6.61 Å². The third-order valence-electron chi connectivity index (χ3n) is 8.54. The first kappa shape index (κ1) is 29.5. The second kappa shape index (κ2) is 11.0. The standard InChI is InChI=1S/C35H19Cl3N8O3/c1-46-34-19-12-6-7-13-20(19)35(46)45-33-23-22(24(36)26(38)27(25(23)37)49-14-21(47)48)32(43-33)42-30-16-9-3-2-8-15(16)28(40-30)39-29-17-10-4-5-11-18(17)31(41-29)44-34/h2-13H,14H2,1H3,(H2,39,40,41,42,43,44,45,47,48)/p+1. The van der Waals surface area contributed by atoms with Gasteiger partial charge < -0.3 is 19.8 Å². The van der Waals surface area contributed by atoms with Crippen LogP contribution in [0, 0.1) is 0 Å². The minimum atomic E-state index is -1.21. The molecule has 49 heavy (non-hydrogen) atoms. The summed E-state index contributed by atoms with van der Waals surface area (Å²) < 4.78 is 7.42. The smallest absolute Gasteiger partial charge is 0.341 e. The number of rotatable bonds is 3. The average Bonchev–Trinajstić information content (AvgIpc) is 3.82. The topological polar surface area (TPSA) is 146 Å². The Morgan fingerprint density at radius 1 is 0.653 bits per heavy atom. The van der Waals surface area contributed by atoms with Crippen LogP contribution in [0.25, 0.3) is 89.7 Å². The number of benzene rings is 4. The molecular weight excluding hydrogens is 687 g/mol. The lowest BCUT2D eigenvalue weighted by Crippen LogP contribution is -2.30. The molecule has 0 radical (unpaired) electrons. The minimum Gasteiger partial charge on any atom is -0.479 e. The van der Waals surface area contributed by atoms with Crippen molar-refractivity contribution in [3.05, 3.63) is 87.9 Å². The van der Waals surface area contributed by atoms with Gasteiger partial charge in [0.25, 0.3) is 11.6 Å². The van der Waals surface area contributed by atoms with Crippen molar-refractivity contribution in [2.45, 2.75) is 0 Å². The number of hydrogen-bond acceptors (Lipinski definition) is 7. The van der Waals surface area contributed by atoms with Crippen LogP contribution in [0.1, 0.15) is 0 Å². The van der Waals surface area contributed by atoms with Gasteiger partial charge in [0.1, 0.15) is 16.3 Å². The number of aliphatic carboxylic acids is 1. The maximum absolute atomic E-state index is 11.4. The fourth-order valence-corrected chi connectivity index (χ4v) is 7.26. The number of nitrogens with zero attached hydrogens (tertiary/aromatic N) is 6.